The molecule has 4 nitrogen and oxygen atoms in total. The van der Waals surface area contributed by atoms with E-state index >= 15 is 0 Å². The zero-order chi connectivity index (χ0) is 11.3. The van der Waals surface area contributed by atoms with Gasteiger partial charge in [0.1, 0.15) is 6.61 Å². The minimum atomic E-state index is -4.27. The minimum absolute atomic E-state index is 0.0140. The number of halogens is 3. The smallest absolute Gasteiger partial charge is 0.411 e. The van der Waals surface area contributed by atoms with Crippen LogP contribution in [0.4, 0.5) is 13.2 Å². The molecule has 0 aliphatic heterocycles. The van der Waals surface area contributed by atoms with Gasteiger partial charge in [-0.1, -0.05) is 0 Å². The molecular formula is C8H11F3N2O2. The second-order valence-electron chi connectivity index (χ2n) is 2.98. The Bertz CT molecular complexity index is 298. The van der Waals surface area contributed by atoms with Crippen LogP contribution in [0.25, 0.3) is 0 Å². The lowest BCUT2D eigenvalue weighted by molar-refractivity contribution is -0.174. The first-order valence-electron chi connectivity index (χ1n) is 4.33. The van der Waals surface area contributed by atoms with Crippen molar-refractivity contribution in [3.05, 3.63) is 12.4 Å². The van der Waals surface area contributed by atoms with Crippen molar-refractivity contribution in [2.24, 2.45) is 0 Å². The maximum Gasteiger partial charge on any atom is 0.411 e. The first kappa shape index (κ1) is 11.8. The molecule has 0 radical (unpaired) electrons. The first-order chi connectivity index (χ1) is 6.97. The Kier molecular flexibility index (Phi) is 3.96. The zero-order valence-electron chi connectivity index (χ0n) is 7.87. The fraction of sp³-hybridized carbons (Fsp3) is 0.625. The summed E-state index contributed by atoms with van der Waals surface area (Å²) in [5.74, 6) is 0.0335. The first-order valence-corrected chi connectivity index (χ1v) is 4.33. The van der Waals surface area contributed by atoms with Gasteiger partial charge in [-0.3, -0.25) is 4.68 Å². The van der Waals surface area contributed by atoms with Crippen LogP contribution in [-0.2, 0) is 11.3 Å². The summed E-state index contributed by atoms with van der Waals surface area (Å²) in [6.07, 6.45) is -1.21. The molecule has 1 aromatic rings. The Labute approximate surface area is 84.3 Å². The van der Waals surface area contributed by atoms with Gasteiger partial charge < -0.3 is 9.84 Å². The van der Waals surface area contributed by atoms with Crippen molar-refractivity contribution in [1.29, 1.82) is 0 Å². The fourth-order valence-corrected chi connectivity index (χ4v) is 0.991. The van der Waals surface area contributed by atoms with Gasteiger partial charge in [0, 0.05) is 13.2 Å². The number of ether oxygens (including phenoxy) is 1. The summed E-state index contributed by atoms with van der Waals surface area (Å²) in [5, 5.41) is 12.7. The van der Waals surface area contributed by atoms with Crippen LogP contribution in [0.15, 0.2) is 12.4 Å². The molecule has 1 heterocycles. The van der Waals surface area contributed by atoms with E-state index in [1.165, 1.54) is 17.1 Å². The third kappa shape index (κ3) is 5.26. The quantitative estimate of drug-likeness (QED) is 0.772. The molecule has 0 atom stereocenters. The summed E-state index contributed by atoms with van der Waals surface area (Å²) in [4.78, 5) is 0. The van der Waals surface area contributed by atoms with Crippen LogP contribution in [0.3, 0.4) is 0 Å². The van der Waals surface area contributed by atoms with E-state index < -0.39 is 12.8 Å². The number of alkyl halides is 3. The average Bonchev–Trinajstić information content (AvgIpc) is 2.49. The molecule has 7 heteroatoms. The highest BCUT2D eigenvalue weighted by atomic mass is 19.4. The Morgan fingerprint density at radius 1 is 1.47 bits per heavy atom. The van der Waals surface area contributed by atoms with Crippen molar-refractivity contribution in [1.82, 2.24) is 9.78 Å². The van der Waals surface area contributed by atoms with Gasteiger partial charge in [-0.05, 0) is 6.42 Å². The Balaban J connectivity index is 2.07. The van der Waals surface area contributed by atoms with E-state index in [1.807, 2.05) is 0 Å². The topological polar surface area (TPSA) is 47.3 Å². The molecule has 15 heavy (non-hydrogen) atoms. The Hall–Kier alpha value is -1.24. The van der Waals surface area contributed by atoms with Crippen molar-refractivity contribution >= 4 is 0 Å². The molecule has 0 spiro atoms. The van der Waals surface area contributed by atoms with Crippen LogP contribution in [0.2, 0.25) is 0 Å². The zero-order valence-corrected chi connectivity index (χ0v) is 7.87. The van der Waals surface area contributed by atoms with Gasteiger partial charge >= 0.3 is 6.18 Å². The molecule has 0 unspecified atom stereocenters. The predicted molar refractivity (Wildman–Crippen MR) is 45.4 cm³/mol. The number of nitrogens with zero attached hydrogens (tertiary/aromatic N) is 2. The van der Waals surface area contributed by atoms with Crippen LogP contribution in [0, 0.1) is 0 Å². The maximum absolute atomic E-state index is 11.6. The Morgan fingerprint density at radius 3 is 2.73 bits per heavy atom. The number of hydrogen-bond acceptors (Lipinski definition) is 3. The second-order valence-corrected chi connectivity index (χ2v) is 2.98. The number of aromatic nitrogens is 2. The van der Waals surface area contributed by atoms with Gasteiger partial charge in [-0.2, -0.15) is 18.3 Å². The second kappa shape index (κ2) is 5.01. The molecule has 0 aliphatic rings. The van der Waals surface area contributed by atoms with E-state index in [-0.39, 0.29) is 12.4 Å². The molecule has 1 N–H and O–H groups in total. The standard InChI is InChI=1S/C8H11F3N2O2/c9-8(10,11)6-15-3-1-2-13-5-7(14)4-12-13/h4-5,14H,1-3,6H2. The van der Waals surface area contributed by atoms with Crippen LogP contribution in [0.5, 0.6) is 5.75 Å². The molecule has 86 valence electrons. The maximum atomic E-state index is 11.6. The molecular weight excluding hydrogens is 213 g/mol. The molecule has 0 aliphatic carbocycles. The highest BCUT2D eigenvalue weighted by Crippen LogP contribution is 2.14. The molecule has 0 saturated heterocycles. The fourth-order valence-electron chi connectivity index (χ4n) is 0.991. The van der Waals surface area contributed by atoms with Crippen LogP contribution in [-0.4, -0.2) is 34.3 Å². The summed E-state index contributed by atoms with van der Waals surface area (Å²) in [6.45, 7) is -0.796. The normalized spacial score (nSPS) is 11.9. The molecule has 0 saturated carbocycles. The highest BCUT2D eigenvalue weighted by Gasteiger charge is 2.27. The number of aryl methyl sites for hydroxylation is 1. The molecule has 0 aromatic carbocycles. The van der Waals surface area contributed by atoms with Crippen molar-refractivity contribution in [2.45, 2.75) is 19.1 Å². The summed E-state index contributed by atoms with van der Waals surface area (Å²) in [7, 11) is 0. The number of hydrogen-bond donors (Lipinski definition) is 1. The predicted octanol–water partition coefficient (Wildman–Crippen LogP) is 1.56. The molecule has 0 amide bonds. The summed E-state index contributed by atoms with van der Waals surface area (Å²) in [6, 6.07) is 0. The van der Waals surface area contributed by atoms with Crippen molar-refractivity contribution in [3.63, 3.8) is 0 Å². The monoisotopic (exact) mass is 224 g/mol. The summed E-state index contributed by atoms with van der Waals surface area (Å²) >= 11 is 0. The van der Waals surface area contributed by atoms with Gasteiger partial charge in [-0.15, -0.1) is 0 Å². The van der Waals surface area contributed by atoms with E-state index in [0.717, 1.165) is 0 Å². The third-order valence-corrected chi connectivity index (χ3v) is 1.56. The van der Waals surface area contributed by atoms with Crippen molar-refractivity contribution < 1.29 is 23.0 Å². The SMILES string of the molecule is Oc1cnn(CCCOCC(F)(F)F)c1. The van der Waals surface area contributed by atoms with Crippen molar-refractivity contribution in [3.8, 4) is 5.75 Å². The minimum Gasteiger partial charge on any atom is -0.505 e. The van der Waals surface area contributed by atoms with Gasteiger partial charge in [-0.25, -0.2) is 0 Å². The van der Waals surface area contributed by atoms with Gasteiger partial charge in [0.15, 0.2) is 5.75 Å². The number of rotatable bonds is 5. The van der Waals surface area contributed by atoms with E-state index in [0.29, 0.717) is 13.0 Å². The van der Waals surface area contributed by atoms with Gasteiger partial charge in [0.25, 0.3) is 0 Å². The summed E-state index contributed by atoms with van der Waals surface area (Å²) < 4.78 is 40.7. The molecule has 1 aromatic heterocycles. The van der Waals surface area contributed by atoms with E-state index in [4.69, 9.17) is 5.11 Å². The van der Waals surface area contributed by atoms with E-state index in [1.54, 1.807) is 0 Å². The molecule has 0 bridgehead atoms. The van der Waals surface area contributed by atoms with Gasteiger partial charge in [0.2, 0.25) is 0 Å². The lowest BCUT2D eigenvalue weighted by Gasteiger charge is -2.07. The largest absolute Gasteiger partial charge is 0.505 e. The van der Waals surface area contributed by atoms with E-state index in [2.05, 4.69) is 9.84 Å². The third-order valence-electron chi connectivity index (χ3n) is 1.56. The molecule has 1 rings (SSSR count). The van der Waals surface area contributed by atoms with Crippen LogP contribution < -0.4 is 0 Å². The van der Waals surface area contributed by atoms with Gasteiger partial charge in [0.05, 0.1) is 12.4 Å². The molecule has 0 fully saturated rings. The Morgan fingerprint density at radius 2 is 2.20 bits per heavy atom. The lowest BCUT2D eigenvalue weighted by atomic mass is 10.4. The van der Waals surface area contributed by atoms with Crippen molar-refractivity contribution in [2.75, 3.05) is 13.2 Å². The van der Waals surface area contributed by atoms with Crippen LogP contribution >= 0.6 is 0 Å². The lowest BCUT2D eigenvalue weighted by Crippen LogP contribution is -2.17. The average molecular weight is 224 g/mol. The number of aromatic hydroxyl groups is 1. The van der Waals surface area contributed by atoms with Crippen LogP contribution in [0.1, 0.15) is 6.42 Å². The summed E-state index contributed by atoms with van der Waals surface area (Å²) in [5.41, 5.74) is 0. The highest BCUT2D eigenvalue weighted by molar-refractivity contribution is 5.08. The van der Waals surface area contributed by atoms with E-state index in [9.17, 15) is 13.2 Å².